The highest BCUT2D eigenvalue weighted by molar-refractivity contribution is 6.76. The van der Waals surface area contributed by atoms with Crippen molar-refractivity contribution >= 4 is 53.5 Å². The molecular formula is C43H41NO7Si. The summed E-state index contributed by atoms with van der Waals surface area (Å²) in [6.45, 7) is 7.85. The van der Waals surface area contributed by atoms with E-state index in [1.807, 2.05) is 102 Å². The summed E-state index contributed by atoms with van der Waals surface area (Å²) in [6, 6.07) is 36.8. The molecule has 52 heavy (non-hydrogen) atoms. The maximum atomic E-state index is 14.5. The summed E-state index contributed by atoms with van der Waals surface area (Å²) in [4.78, 5) is 39.1. The van der Waals surface area contributed by atoms with Gasteiger partial charge >= 0.3 is 11.9 Å². The molecule has 1 aromatic heterocycles. The highest BCUT2D eigenvalue weighted by Gasteiger charge is 2.24. The van der Waals surface area contributed by atoms with Crippen molar-refractivity contribution in [2.24, 2.45) is 0 Å². The van der Waals surface area contributed by atoms with Gasteiger partial charge in [-0.05, 0) is 70.4 Å². The van der Waals surface area contributed by atoms with Crippen molar-refractivity contribution in [2.75, 3.05) is 13.4 Å². The number of hydrogen-bond acceptors (Lipinski definition) is 6. The van der Waals surface area contributed by atoms with Crippen molar-refractivity contribution < 1.29 is 33.7 Å². The number of aromatic nitrogens is 1. The predicted octanol–water partition coefficient (Wildman–Crippen LogP) is 9.22. The molecule has 0 unspecified atom stereocenters. The Morgan fingerprint density at radius 1 is 0.769 bits per heavy atom. The normalized spacial score (nSPS) is 11.7. The van der Waals surface area contributed by atoms with Crippen LogP contribution in [-0.2, 0) is 27.4 Å². The van der Waals surface area contributed by atoms with E-state index in [0.29, 0.717) is 53.3 Å². The smallest absolute Gasteiger partial charge is 0.340 e. The lowest BCUT2D eigenvalue weighted by molar-refractivity contribution is -0.131. The molecular weight excluding hydrogens is 671 g/mol. The summed E-state index contributed by atoms with van der Waals surface area (Å²) in [7, 11) is -1.25. The molecule has 0 bridgehead atoms. The van der Waals surface area contributed by atoms with Crippen LogP contribution >= 0.6 is 0 Å². The van der Waals surface area contributed by atoms with Crippen molar-refractivity contribution in [1.29, 1.82) is 0 Å². The number of carboxylic acids is 1. The average molecular weight is 712 g/mol. The predicted molar refractivity (Wildman–Crippen MR) is 207 cm³/mol. The fraction of sp³-hybridized carbons (Fsp3) is 0.186. The van der Waals surface area contributed by atoms with E-state index in [4.69, 9.17) is 14.2 Å². The number of hydrogen-bond donors (Lipinski definition) is 1. The third-order valence-corrected chi connectivity index (χ3v) is 10.5. The lowest BCUT2D eigenvalue weighted by atomic mass is 9.97. The van der Waals surface area contributed by atoms with Gasteiger partial charge in [0.2, 0.25) is 0 Å². The SMILES string of the molecule is C[Si](C)(C)CCOCOC(=O)c1ccc(Cn2c(/C=C/C(=O)O)c(C(=O)c3ccc4ccccc4c3)c3cc(OCc4ccccc4)ccc32)cc1. The second-order valence-electron chi connectivity index (χ2n) is 13.8. The van der Waals surface area contributed by atoms with Crippen LogP contribution in [-0.4, -0.2) is 48.9 Å². The molecule has 0 spiro atoms. The first kappa shape index (κ1) is 36.0. The van der Waals surface area contributed by atoms with Gasteiger partial charge in [-0.2, -0.15) is 0 Å². The van der Waals surface area contributed by atoms with Gasteiger partial charge in [-0.1, -0.05) is 98.5 Å². The van der Waals surface area contributed by atoms with Crippen molar-refractivity contribution in [2.45, 2.75) is 38.8 Å². The van der Waals surface area contributed by atoms with E-state index in [9.17, 15) is 19.5 Å². The van der Waals surface area contributed by atoms with Gasteiger partial charge in [0.15, 0.2) is 12.6 Å². The van der Waals surface area contributed by atoms with E-state index < -0.39 is 20.0 Å². The number of aliphatic carboxylic acids is 1. The van der Waals surface area contributed by atoms with Crippen LogP contribution in [0.2, 0.25) is 25.7 Å². The Kier molecular flexibility index (Phi) is 11.1. The molecule has 0 saturated heterocycles. The number of fused-ring (bicyclic) bond motifs is 2. The molecule has 0 saturated carbocycles. The van der Waals surface area contributed by atoms with Crippen LogP contribution in [0.1, 0.15) is 43.1 Å². The Bertz CT molecular complexity index is 2250. The highest BCUT2D eigenvalue weighted by Crippen LogP contribution is 2.34. The van der Waals surface area contributed by atoms with Crippen LogP contribution < -0.4 is 4.74 Å². The van der Waals surface area contributed by atoms with Crippen LogP contribution in [0, 0.1) is 0 Å². The Morgan fingerprint density at radius 3 is 2.21 bits per heavy atom. The molecule has 0 atom stereocenters. The molecule has 0 amide bonds. The van der Waals surface area contributed by atoms with Gasteiger partial charge in [0.25, 0.3) is 0 Å². The van der Waals surface area contributed by atoms with Crippen LogP contribution in [0.5, 0.6) is 5.75 Å². The first-order chi connectivity index (χ1) is 25.1. The van der Waals surface area contributed by atoms with E-state index in [0.717, 1.165) is 39.5 Å². The maximum Gasteiger partial charge on any atom is 0.340 e. The van der Waals surface area contributed by atoms with Crippen LogP contribution in [0.25, 0.3) is 27.8 Å². The molecule has 1 N–H and O–H groups in total. The summed E-state index contributed by atoms with van der Waals surface area (Å²) in [5.74, 6) is -1.30. The minimum absolute atomic E-state index is 0.106. The van der Waals surface area contributed by atoms with Gasteiger partial charge in [-0.15, -0.1) is 0 Å². The molecule has 9 heteroatoms. The summed E-state index contributed by atoms with van der Waals surface area (Å²) in [5.41, 5.74) is 4.22. The van der Waals surface area contributed by atoms with E-state index in [-0.39, 0.29) is 12.6 Å². The number of esters is 1. The minimum Gasteiger partial charge on any atom is -0.489 e. The second kappa shape index (κ2) is 16.1. The van der Waals surface area contributed by atoms with E-state index in [2.05, 4.69) is 19.6 Å². The van der Waals surface area contributed by atoms with Crippen LogP contribution in [0.15, 0.2) is 121 Å². The molecule has 0 fully saturated rings. The number of carbonyl (C=O) groups is 3. The summed E-state index contributed by atoms with van der Waals surface area (Å²) >= 11 is 0. The van der Waals surface area contributed by atoms with E-state index >= 15 is 0 Å². The maximum absolute atomic E-state index is 14.5. The fourth-order valence-corrected chi connectivity index (χ4v) is 6.69. The van der Waals surface area contributed by atoms with E-state index in [1.54, 1.807) is 18.2 Å². The lowest BCUT2D eigenvalue weighted by Crippen LogP contribution is -2.22. The van der Waals surface area contributed by atoms with Crippen molar-refractivity contribution in [1.82, 2.24) is 4.57 Å². The zero-order valence-corrected chi connectivity index (χ0v) is 30.5. The lowest BCUT2D eigenvalue weighted by Gasteiger charge is -2.15. The van der Waals surface area contributed by atoms with Crippen molar-refractivity contribution in [3.8, 4) is 5.75 Å². The Balaban J connectivity index is 1.35. The molecule has 0 radical (unpaired) electrons. The minimum atomic E-state index is -1.25. The molecule has 0 aliphatic heterocycles. The topological polar surface area (TPSA) is 104 Å². The third-order valence-electron chi connectivity index (χ3n) is 8.75. The number of carbonyl (C=O) groups excluding carboxylic acids is 2. The summed E-state index contributed by atoms with van der Waals surface area (Å²) < 4.78 is 18.9. The standard InChI is InChI=1S/C43H41NO7Si/c1-52(2,3)24-23-49-29-51-43(48)33-15-13-30(14-16-33)27-44-38-20-19-36(50-28-31-9-5-4-6-10-31)26-37(38)41(39(44)21-22-40(45)46)42(47)35-18-17-32-11-7-8-12-34(32)25-35/h4-22,25-26H,23-24,27-29H2,1-3H3,(H,45,46)/b22-21+. The fourth-order valence-electron chi connectivity index (χ4n) is 5.94. The Labute approximate surface area is 303 Å². The quantitative estimate of drug-likeness (QED) is 0.0283. The monoisotopic (exact) mass is 711 g/mol. The van der Waals surface area contributed by atoms with Crippen LogP contribution in [0.4, 0.5) is 0 Å². The van der Waals surface area contributed by atoms with E-state index in [1.165, 1.54) is 6.08 Å². The van der Waals surface area contributed by atoms with Crippen LogP contribution in [0.3, 0.4) is 0 Å². The zero-order valence-electron chi connectivity index (χ0n) is 29.5. The molecule has 264 valence electrons. The zero-order chi connectivity index (χ0) is 36.7. The number of ketones is 1. The molecule has 1 heterocycles. The summed E-state index contributed by atoms with van der Waals surface area (Å²) in [6.07, 6.45) is 2.51. The van der Waals surface area contributed by atoms with Gasteiger partial charge in [-0.3, -0.25) is 4.79 Å². The number of nitrogens with zero attached hydrogens (tertiary/aromatic N) is 1. The Hall–Kier alpha value is -5.77. The largest absolute Gasteiger partial charge is 0.489 e. The third kappa shape index (κ3) is 8.92. The number of rotatable bonds is 15. The van der Waals surface area contributed by atoms with Gasteiger partial charge < -0.3 is 23.9 Å². The molecule has 6 aromatic rings. The second-order valence-corrected chi connectivity index (χ2v) is 19.4. The first-order valence-corrected chi connectivity index (χ1v) is 20.9. The van der Waals surface area contributed by atoms with Gasteiger partial charge in [0, 0.05) is 43.8 Å². The van der Waals surface area contributed by atoms with Crippen molar-refractivity contribution in [3.05, 3.63) is 155 Å². The van der Waals surface area contributed by atoms with Gasteiger partial charge in [0.1, 0.15) is 12.4 Å². The number of ether oxygens (including phenoxy) is 3. The average Bonchev–Trinajstić information content (AvgIpc) is 3.44. The molecule has 0 aliphatic rings. The highest BCUT2D eigenvalue weighted by atomic mass is 28.3. The Morgan fingerprint density at radius 2 is 1.48 bits per heavy atom. The van der Waals surface area contributed by atoms with Gasteiger partial charge in [0.05, 0.1) is 16.8 Å². The molecule has 8 nitrogen and oxygen atoms in total. The van der Waals surface area contributed by atoms with Gasteiger partial charge in [-0.25, -0.2) is 9.59 Å². The number of benzene rings is 5. The molecule has 5 aromatic carbocycles. The summed E-state index contributed by atoms with van der Waals surface area (Å²) in [5, 5.41) is 12.2. The first-order valence-electron chi connectivity index (χ1n) is 17.2. The van der Waals surface area contributed by atoms with Crippen molar-refractivity contribution in [3.63, 3.8) is 0 Å². The molecule has 6 rings (SSSR count). The molecule has 0 aliphatic carbocycles. The number of carboxylic acid groups (broad SMARTS) is 1.